The maximum atomic E-state index is 12.5. The smallest absolute Gasteiger partial charge is 0.226 e. The summed E-state index contributed by atoms with van der Waals surface area (Å²) < 4.78 is 5.67. The number of carbonyl (C=O) groups is 1. The van der Waals surface area contributed by atoms with E-state index in [1.165, 1.54) is 0 Å². The van der Waals surface area contributed by atoms with Crippen molar-refractivity contribution in [1.82, 2.24) is 4.90 Å². The average Bonchev–Trinajstić information content (AvgIpc) is 2.54. The second kappa shape index (κ2) is 8.34. The Kier molecular flexibility index (Phi) is 6.46. The summed E-state index contributed by atoms with van der Waals surface area (Å²) in [4.78, 5) is 14.4. The van der Waals surface area contributed by atoms with Crippen LogP contribution >= 0.6 is 0 Å². The molecule has 0 heterocycles. The van der Waals surface area contributed by atoms with Gasteiger partial charge in [0, 0.05) is 19.1 Å². The largest absolute Gasteiger partial charge is 0.493 e. The van der Waals surface area contributed by atoms with Gasteiger partial charge in [-0.15, -0.1) is 0 Å². The van der Waals surface area contributed by atoms with Crippen molar-refractivity contribution < 1.29 is 9.53 Å². The molecular weight excluding hydrogens is 288 g/mol. The van der Waals surface area contributed by atoms with Crippen LogP contribution in [0, 0.1) is 5.92 Å². The Hall–Kier alpha value is -1.55. The molecule has 128 valence electrons. The van der Waals surface area contributed by atoms with E-state index in [1.807, 2.05) is 36.2 Å². The van der Waals surface area contributed by atoms with Gasteiger partial charge in [-0.25, -0.2) is 0 Å². The van der Waals surface area contributed by atoms with Crippen LogP contribution in [0.25, 0.3) is 0 Å². The van der Waals surface area contributed by atoms with Crippen LogP contribution in [0.3, 0.4) is 0 Å². The van der Waals surface area contributed by atoms with E-state index in [0.29, 0.717) is 31.0 Å². The fraction of sp³-hybridized carbons (Fsp3) is 0.632. The molecule has 4 nitrogen and oxygen atoms in total. The minimum Gasteiger partial charge on any atom is -0.493 e. The molecule has 0 unspecified atom stereocenters. The summed E-state index contributed by atoms with van der Waals surface area (Å²) in [5.41, 5.74) is 6.97. The predicted octanol–water partition coefficient (Wildman–Crippen LogP) is 2.99. The first kappa shape index (κ1) is 17.8. The van der Waals surface area contributed by atoms with Crippen molar-refractivity contribution in [1.29, 1.82) is 0 Å². The number of ether oxygens (including phenoxy) is 1. The molecular formula is C19H30N2O2. The molecule has 0 aromatic heterocycles. The number of nitrogens with zero attached hydrogens (tertiary/aromatic N) is 1. The highest BCUT2D eigenvalue weighted by Gasteiger charge is 2.24. The number of hydrogen-bond donors (Lipinski definition) is 1. The average molecular weight is 318 g/mol. The molecule has 1 fully saturated rings. The lowest BCUT2D eigenvalue weighted by Gasteiger charge is -2.33. The van der Waals surface area contributed by atoms with Crippen LogP contribution in [0.5, 0.6) is 5.75 Å². The van der Waals surface area contributed by atoms with Crippen LogP contribution in [0.15, 0.2) is 24.3 Å². The van der Waals surface area contributed by atoms with Gasteiger partial charge >= 0.3 is 0 Å². The second-order valence-electron chi connectivity index (χ2n) is 7.10. The number of amides is 1. The van der Waals surface area contributed by atoms with E-state index in [0.717, 1.165) is 37.0 Å². The van der Waals surface area contributed by atoms with E-state index in [-0.39, 0.29) is 5.91 Å². The van der Waals surface area contributed by atoms with Crippen molar-refractivity contribution in [2.24, 2.45) is 11.7 Å². The van der Waals surface area contributed by atoms with Crippen molar-refractivity contribution in [3.05, 3.63) is 29.8 Å². The number of nitrogens with two attached hydrogens (primary N) is 1. The Bertz CT molecular complexity index is 491. The molecule has 0 radical (unpaired) electrons. The lowest BCUT2D eigenvalue weighted by molar-refractivity contribution is -0.131. The first-order chi connectivity index (χ1) is 11.0. The summed E-state index contributed by atoms with van der Waals surface area (Å²) in [6.07, 6.45) is 4.52. The van der Waals surface area contributed by atoms with Crippen LogP contribution in [0.4, 0.5) is 0 Å². The lowest BCUT2D eigenvalue weighted by atomic mass is 9.91. The molecule has 1 aliphatic carbocycles. The molecule has 0 aliphatic heterocycles. The lowest BCUT2D eigenvalue weighted by Crippen LogP contribution is -2.42. The zero-order chi connectivity index (χ0) is 16.8. The minimum absolute atomic E-state index is 0.182. The third kappa shape index (κ3) is 5.54. The molecule has 0 atom stereocenters. The number of rotatable bonds is 6. The fourth-order valence-electron chi connectivity index (χ4n) is 2.96. The van der Waals surface area contributed by atoms with Gasteiger partial charge in [-0.05, 0) is 49.3 Å². The normalized spacial score (nSPS) is 21.3. The summed E-state index contributed by atoms with van der Waals surface area (Å²) in [5, 5.41) is 0. The van der Waals surface area contributed by atoms with Gasteiger partial charge < -0.3 is 15.4 Å². The first-order valence-corrected chi connectivity index (χ1v) is 8.68. The van der Waals surface area contributed by atoms with E-state index in [1.54, 1.807) is 0 Å². The summed E-state index contributed by atoms with van der Waals surface area (Å²) in [5.74, 6) is 1.55. The standard InChI is InChI=1S/C19H30N2O2/c1-14(2)13-23-18-10-4-15(5-11-18)12-19(22)21(3)17-8-6-16(20)7-9-17/h4-5,10-11,14,16-17H,6-9,12-13,20H2,1-3H3/t16-,17-. The minimum atomic E-state index is 0.182. The van der Waals surface area contributed by atoms with Gasteiger partial charge in [0.15, 0.2) is 0 Å². The quantitative estimate of drug-likeness (QED) is 0.877. The van der Waals surface area contributed by atoms with E-state index in [4.69, 9.17) is 10.5 Å². The summed E-state index contributed by atoms with van der Waals surface area (Å²) >= 11 is 0. The third-order valence-corrected chi connectivity index (χ3v) is 4.54. The predicted molar refractivity (Wildman–Crippen MR) is 93.5 cm³/mol. The van der Waals surface area contributed by atoms with Crippen LogP contribution in [-0.4, -0.2) is 36.5 Å². The molecule has 1 aromatic rings. The Balaban J connectivity index is 1.84. The Morgan fingerprint density at radius 1 is 1.22 bits per heavy atom. The SMILES string of the molecule is CC(C)COc1ccc(CC(=O)N(C)[C@H]2CC[C@H](N)CC2)cc1. The first-order valence-electron chi connectivity index (χ1n) is 8.68. The molecule has 4 heteroatoms. The van der Waals surface area contributed by atoms with Gasteiger partial charge in [-0.1, -0.05) is 26.0 Å². The van der Waals surface area contributed by atoms with Crippen molar-refractivity contribution in [2.45, 2.75) is 58.0 Å². The zero-order valence-electron chi connectivity index (χ0n) is 14.6. The summed E-state index contributed by atoms with van der Waals surface area (Å²) in [6, 6.07) is 8.52. The zero-order valence-corrected chi connectivity index (χ0v) is 14.6. The molecule has 2 rings (SSSR count). The van der Waals surface area contributed by atoms with Crippen LogP contribution in [0.1, 0.15) is 45.1 Å². The molecule has 0 bridgehead atoms. The number of likely N-dealkylation sites (N-methyl/N-ethyl adjacent to an activating group) is 1. The van der Waals surface area contributed by atoms with Gasteiger partial charge in [-0.3, -0.25) is 4.79 Å². The molecule has 1 aliphatic rings. The molecule has 1 aromatic carbocycles. The maximum absolute atomic E-state index is 12.5. The Labute approximate surface area is 140 Å². The summed E-state index contributed by atoms with van der Waals surface area (Å²) in [6.45, 7) is 4.97. The fourth-order valence-corrected chi connectivity index (χ4v) is 2.96. The van der Waals surface area contributed by atoms with Gasteiger partial charge in [0.05, 0.1) is 13.0 Å². The van der Waals surface area contributed by atoms with Crippen molar-refractivity contribution in [3.63, 3.8) is 0 Å². The number of benzene rings is 1. The van der Waals surface area contributed by atoms with Gasteiger partial charge in [-0.2, -0.15) is 0 Å². The summed E-state index contributed by atoms with van der Waals surface area (Å²) in [7, 11) is 1.92. The number of hydrogen-bond acceptors (Lipinski definition) is 3. The second-order valence-corrected chi connectivity index (χ2v) is 7.10. The van der Waals surface area contributed by atoms with E-state index in [2.05, 4.69) is 13.8 Å². The van der Waals surface area contributed by atoms with E-state index >= 15 is 0 Å². The highest BCUT2D eigenvalue weighted by atomic mass is 16.5. The van der Waals surface area contributed by atoms with Crippen LogP contribution in [-0.2, 0) is 11.2 Å². The molecule has 1 amide bonds. The monoisotopic (exact) mass is 318 g/mol. The molecule has 23 heavy (non-hydrogen) atoms. The van der Waals surface area contributed by atoms with E-state index < -0.39 is 0 Å². The Morgan fingerprint density at radius 3 is 2.39 bits per heavy atom. The highest BCUT2D eigenvalue weighted by molar-refractivity contribution is 5.78. The third-order valence-electron chi connectivity index (χ3n) is 4.54. The molecule has 0 saturated heterocycles. The van der Waals surface area contributed by atoms with Crippen LogP contribution < -0.4 is 10.5 Å². The van der Waals surface area contributed by atoms with Crippen LogP contribution in [0.2, 0.25) is 0 Å². The van der Waals surface area contributed by atoms with Gasteiger partial charge in [0.2, 0.25) is 5.91 Å². The maximum Gasteiger partial charge on any atom is 0.226 e. The van der Waals surface area contributed by atoms with Gasteiger partial charge in [0.1, 0.15) is 5.75 Å². The van der Waals surface area contributed by atoms with Crippen molar-refractivity contribution in [2.75, 3.05) is 13.7 Å². The molecule has 1 saturated carbocycles. The van der Waals surface area contributed by atoms with E-state index in [9.17, 15) is 4.79 Å². The molecule has 0 spiro atoms. The van der Waals surface area contributed by atoms with Gasteiger partial charge in [0.25, 0.3) is 0 Å². The van der Waals surface area contributed by atoms with Crippen molar-refractivity contribution >= 4 is 5.91 Å². The Morgan fingerprint density at radius 2 is 1.83 bits per heavy atom. The molecule has 2 N–H and O–H groups in total. The van der Waals surface area contributed by atoms with Crippen molar-refractivity contribution in [3.8, 4) is 5.75 Å². The number of carbonyl (C=O) groups excluding carboxylic acids is 1. The highest BCUT2D eigenvalue weighted by Crippen LogP contribution is 2.22. The topological polar surface area (TPSA) is 55.6 Å².